The van der Waals surface area contributed by atoms with Crippen LogP contribution in [0.1, 0.15) is 0 Å². The molecule has 0 aliphatic rings. The molecule has 0 unspecified atom stereocenters. The van der Waals surface area contributed by atoms with Gasteiger partial charge >= 0.3 is 0 Å². The van der Waals surface area contributed by atoms with Gasteiger partial charge in [0.2, 0.25) is 0 Å². The molecule has 2 rings (SSSR count). The summed E-state index contributed by atoms with van der Waals surface area (Å²) in [4.78, 5) is 9.84. The fourth-order valence-corrected chi connectivity index (χ4v) is 2.37. The molecule has 0 saturated heterocycles. The molecule has 0 fully saturated rings. The largest absolute Gasteiger partial charge is 0.231 e. The summed E-state index contributed by atoms with van der Waals surface area (Å²) in [6.07, 6.45) is 3.65. The highest BCUT2D eigenvalue weighted by atomic mass is 32.2. The zero-order chi connectivity index (χ0) is 10.5. The van der Waals surface area contributed by atoms with Gasteiger partial charge in [-0.15, -0.1) is 17.9 Å². The maximum atomic E-state index is 4.47. The number of rotatable bonds is 4. The van der Waals surface area contributed by atoms with E-state index in [9.17, 15) is 0 Å². The van der Waals surface area contributed by atoms with Crippen LogP contribution in [0.4, 0.5) is 0 Å². The van der Waals surface area contributed by atoms with Gasteiger partial charge in [-0.3, -0.25) is 0 Å². The summed E-state index contributed by atoms with van der Waals surface area (Å²) in [6.45, 7) is 3.67. The van der Waals surface area contributed by atoms with Crippen LogP contribution in [0.2, 0.25) is 0 Å². The molecular weight excluding hydrogens is 224 g/mol. The van der Waals surface area contributed by atoms with Crippen LogP contribution in [0.25, 0.3) is 10.6 Å². The predicted octanol–water partition coefficient (Wildman–Crippen LogP) is 3.48. The predicted molar refractivity (Wildman–Crippen MR) is 66.3 cm³/mol. The molecule has 2 nitrogen and oxygen atoms in total. The summed E-state index contributed by atoms with van der Waals surface area (Å²) in [5, 5.41) is 2.86. The molecule has 76 valence electrons. The van der Waals surface area contributed by atoms with E-state index in [1.54, 1.807) is 29.3 Å². The fourth-order valence-electron chi connectivity index (χ4n) is 1.11. The molecule has 4 heteroatoms. The Labute approximate surface area is 97.1 Å². The third kappa shape index (κ3) is 2.67. The third-order valence-corrected chi connectivity index (χ3v) is 3.49. The Morgan fingerprint density at radius 1 is 1.47 bits per heavy atom. The summed E-state index contributed by atoms with van der Waals surface area (Å²) < 4.78 is 0. The lowest BCUT2D eigenvalue weighted by Crippen LogP contribution is -1.88. The minimum absolute atomic E-state index is 0.806. The molecule has 0 aromatic carbocycles. The van der Waals surface area contributed by atoms with Gasteiger partial charge in [0.15, 0.2) is 5.16 Å². The Morgan fingerprint density at radius 3 is 3.13 bits per heavy atom. The molecule has 0 aliphatic carbocycles. The van der Waals surface area contributed by atoms with Crippen LogP contribution in [0.15, 0.2) is 47.6 Å². The van der Waals surface area contributed by atoms with Crippen LogP contribution in [0.3, 0.4) is 0 Å². The standard InChI is InChI=1S/C11H10N2S2/c1-2-7-15-11-12-6-5-9(13-11)10-4-3-8-14-10/h2-6,8H,1,7H2. The number of nitrogens with zero attached hydrogens (tertiary/aromatic N) is 2. The summed E-state index contributed by atoms with van der Waals surface area (Å²) in [5.41, 5.74) is 0.992. The van der Waals surface area contributed by atoms with Gasteiger partial charge in [-0.05, 0) is 17.5 Å². The minimum atomic E-state index is 0.806. The van der Waals surface area contributed by atoms with Crippen molar-refractivity contribution in [1.82, 2.24) is 9.97 Å². The Bertz CT molecular complexity index is 438. The Hall–Kier alpha value is -1.13. The first kappa shape index (κ1) is 10.4. The van der Waals surface area contributed by atoms with Crippen molar-refractivity contribution in [3.05, 3.63) is 42.4 Å². The van der Waals surface area contributed by atoms with Gasteiger partial charge in [-0.25, -0.2) is 9.97 Å². The Balaban J connectivity index is 2.23. The van der Waals surface area contributed by atoms with Crippen LogP contribution in [0, 0.1) is 0 Å². The van der Waals surface area contributed by atoms with E-state index < -0.39 is 0 Å². The van der Waals surface area contributed by atoms with Crippen molar-refractivity contribution in [2.75, 3.05) is 5.75 Å². The van der Waals surface area contributed by atoms with Crippen LogP contribution in [0.5, 0.6) is 0 Å². The molecule has 0 bridgehead atoms. The van der Waals surface area contributed by atoms with Crippen molar-refractivity contribution in [1.29, 1.82) is 0 Å². The van der Waals surface area contributed by atoms with Gasteiger partial charge in [0.1, 0.15) is 0 Å². The first-order valence-electron chi connectivity index (χ1n) is 4.51. The summed E-state index contributed by atoms with van der Waals surface area (Å²) in [5.74, 6) is 0.841. The number of hydrogen-bond acceptors (Lipinski definition) is 4. The zero-order valence-corrected chi connectivity index (χ0v) is 9.72. The second kappa shape index (κ2) is 5.09. The molecule has 0 N–H and O–H groups in total. The third-order valence-electron chi connectivity index (χ3n) is 1.74. The second-order valence-electron chi connectivity index (χ2n) is 2.80. The minimum Gasteiger partial charge on any atom is -0.231 e. The van der Waals surface area contributed by atoms with Crippen molar-refractivity contribution in [3.8, 4) is 10.6 Å². The van der Waals surface area contributed by atoms with E-state index in [1.165, 1.54) is 4.88 Å². The first-order valence-corrected chi connectivity index (χ1v) is 6.37. The normalized spacial score (nSPS) is 10.1. The molecule has 0 amide bonds. The van der Waals surface area contributed by atoms with E-state index >= 15 is 0 Å². The molecule has 2 aromatic rings. The van der Waals surface area contributed by atoms with Crippen LogP contribution >= 0.6 is 23.1 Å². The molecule has 0 atom stereocenters. The fraction of sp³-hybridized carbons (Fsp3) is 0.0909. The lowest BCUT2D eigenvalue weighted by molar-refractivity contribution is 0.977. The number of hydrogen-bond donors (Lipinski definition) is 0. The quantitative estimate of drug-likeness (QED) is 0.460. The molecule has 0 spiro atoms. The van der Waals surface area contributed by atoms with Crippen LogP contribution < -0.4 is 0 Å². The van der Waals surface area contributed by atoms with E-state index in [0.717, 1.165) is 16.6 Å². The summed E-state index contributed by atoms with van der Waals surface area (Å²) >= 11 is 3.29. The van der Waals surface area contributed by atoms with Crippen molar-refractivity contribution in [2.45, 2.75) is 5.16 Å². The van der Waals surface area contributed by atoms with Gasteiger partial charge in [-0.2, -0.15) is 0 Å². The highest BCUT2D eigenvalue weighted by Crippen LogP contribution is 2.24. The Morgan fingerprint density at radius 2 is 2.40 bits per heavy atom. The van der Waals surface area contributed by atoms with Gasteiger partial charge in [0.05, 0.1) is 10.6 Å². The van der Waals surface area contributed by atoms with Crippen molar-refractivity contribution >= 4 is 23.1 Å². The van der Waals surface area contributed by atoms with Crippen molar-refractivity contribution in [3.63, 3.8) is 0 Å². The number of thiophene rings is 1. The SMILES string of the molecule is C=CCSc1nccc(-c2cccs2)n1. The number of aromatic nitrogens is 2. The lowest BCUT2D eigenvalue weighted by Gasteiger charge is -1.99. The van der Waals surface area contributed by atoms with E-state index in [4.69, 9.17) is 0 Å². The van der Waals surface area contributed by atoms with Gasteiger partial charge in [-0.1, -0.05) is 23.9 Å². The molecule has 0 aliphatic heterocycles. The van der Waals surface area contributed by atoms with Gasteiger partial charge in [0, 0.05) is 11.9 Å². The van der Waals surface area contributed by atoms with E-state index in [0.29, 0.717) is 0 Å². The molecule has 2 aromatic heterocycles. The maximum Gasteiger partial charge on any atom is 0.188 e. The van der Waals surface area contributed by atoms with E-state index in [2.05, 4.69) is 22.6 Å². The summed E-state index contributed by atoms with van der Waals surface area (Å²) in [7, 11) is 0. The highest BCUT2D eigenvalue weighted by Gasteiger charge is 2.02. The maximum absolute atomic E-state index is 4.47. The zero-order valence-electron chi connectivity index (χ0n) is 8.09. The lowest BCUT2D eigenvalue weighted by atomic mass is 10.3. The van der Waals surface area contributed by atoms with Crippen LogP contribution in [-0.2, 0) is 0 Å². The highest BCUT2D eigenvalue weighted by molar-refractivity contribution is 7.99. The number of thioether (sulfide) groups is 1. The summed E-state index contributed by atoms with van der Waals surface area (Å²) in [6, 6.07) is 6.03. The average molecular weight is 234 g/mol. The van der Waals surface area contributed by atoms with E-state index in [1.807, 2.05) is 23.6 Å². The average Bonchev–Trinajstić information content (AvgIpc) is 2.80. The van der Waals surface area contributed by atoms with Crippen LogP contribution in [-0.4, -0.2) is 15.7 Å². The van der Waals surface area contributed by atoms with E-state index in [-0.39, 0.29) is 0 Å². The molecule has 15 heavy (non-hydrogen) atoms. The molecule has 0 radical (unpaired) electrons. The van der Waals surface area contributed by atoms with Crippen molar-refractivity contribution < 1.29 is 0 Å². The Kier molecular flexibility index (Phi) is 3.53. The van der Waals surface area contributed by atoms with Crippen molar-refractivity contribution in [2.24, 2.45) is 0 Å². The van der Waals surface area contributed by atoms with Gasteiger partial charge < -0.3 is 0 Å². The molecular formula is C11H10N2S2. The van der Waals surface area contributed by atoms with Gasteiger partial charge in [0.25, 0.3) is 0 Å². The topological polar surface area (TPSA) is 25.8 Å². The monoisotopic (exact) mass is 234 g/mol. The second-order valence-corrected chi connectivity index (χ2v) is 4.74. The molecule has 0 saturated carbocycles. The first-order chi connectivity index (χ1) is 7.40. The molecule has 2 heterocycles. The smallest absolute Gasteiger partial charge is 0.188 e.